The lowest BCUT2D eigenvalue weighted by Crippen LogP contribution is -2.15. The normalized spacial score (nSPS) is 11.7. The van der Waals surface area contributed by atoms with E-state index in [1.54, 1.807) is 24.3 Å². The molecule has 0 amide bonds. The first-order chi connectivity index (χ1) is 10.9. The van der Waals surface area contributed by atoms with Crippen LogP contribution in [0.15, 0.2) is 59.7 Å². The molecule has 0 aliphatic heterocycles. The standard InChI is InChI=1S/C19H19N3O/c1-19(2,3)15-11-9-14(10-12-15)18(23)17(13-20)22-21-16-7-5-4-6-8-16/h4-12,21H,1-3H3/b22-17+. The number of nitrogens with zero attached hydrogens (tertiary/aromatic N) is 2. The molecular formula is C19H19N3O. The zero-order chi connectivity index (χ0) is 16.9. The minimum Gasteiger partial charge on any atom is -0.286 e. The first-order valence-corrected chi connectivity index (χ1v) is 7.36. The Kier molecular flexibility index (Phi) is 4.92. The number of rotatable bonds is 4. The summed E-state index contributed by atoms with van der Waals surface area (Å²) in [5, 5.41) is 13.1. The molecule has 0 spiro atoms. The highest BCUT2D eigenvalue weighted by Crippen LogP contribution is 2.22. The predicted octanol–water partition coefficient (Wildman–Crippen LogP) is 4.16. The molecule has 0 saturated heterocycles. The lowest BCUT2D eigenvalue weighted by molar-refractivity contribution is 0.106. The van der Waals surface area contributed by atoms with Gasteiger partial charge in [-0.1, -0.05) is 63.2 Å². The topological polar surface area (TPSA) is 65.2 Å². The summed E-state index contributed by atoms with van der Waals surface area (Å²) in [5.41, 5.74) is 4.88. The van der Waals surface area contributed by atoms with Crippen molar-refractivity contribution in [3.63, 3.8) is 0 Å². The van der Waals surface area contributed by atoms with Gasteiger partial charge in [0.25, 0.3) is 0 Å². The zero-order valence-electron chi connectivity index (χ0n) is 13.5. The maximum atomic E-state index is 12.4. The van der Waals surface area contributed by atoms with Crippen LogP contribution in [0.5, 0.6) is 0 Å². The number of ketones is 1. The first-order valence-electron chi connectivity index (χ1n) is 7.36. The van der Waals surface area contributed by atoms with Crippen molar-refractivity contribution in [3.05, 3.63) is 65.7 Å². The summed E-state index contributed by atoms with van der Waals surface area (Å²) < 4.78 is 0. The third-order valence-corrected chi connectivity index (χ3v) is 3.40. The fourth-order valence-corrected chi connectivity index (χ4v) is 2.02. The number of nitrogens with one attached hydrogen (secondary N) is 1. The van der Waals surface area contributed by atoms with E-state index in [-0.39, 0.29) is 11.1 Å². The highest BCUT2D eigenvalue weighted by molar-refractivity contribution is 6.51. The van der Waals surface area contributed by atoms with Crippen molar-refractivity contribution in [2.75, 3.05) is 5.43 Å². The number of benzene rings is 2. The Labute approximate surface area is 136 Å². The molecule has 0 aliphatic rings. The Morgan fingerprint density at radius 1 is 1.04 bits per heavy atom. The minimum absolute atomic E-state index is 0.0165. The van der Waals surface area contributed by atoms with Gasteiger partial charge in [-0.3, -0.25) is 10.2 Å². The van der Waals surface area contributed by atoms with E-state index in [2.05, 4.69) is 31.3 Å². The molecular weight excluding hydrogens is 286 g/mol. The van der Waals surface area contributed by atoms with Gasteiger partial charge in [-0.05, 0) is 23.1 Å². The van der Waals surface area contributed by atoms with Crippen molar-refractivity contribution in [1.82, 2.24) is 0 Å². The van der Waals surface area contributed by atoms with Crippen LogP contribution in [0.3, 0.4) is 0 Å². The van der Waals surface area contributed by atoms with Gasteiger partial charge >= 0.3 is 0 Å². The highest BCUT2D eigenvalue weighted by Gasteiger charge is 2.17. The summed E-state index contributed by atoms with van der Waals surface area (Å²) in [6, 6.07) is 18.3. The maximum Gasteiger partial charge on any atom is 0.223 e. The van der Waals surface area contributed by atoms with Crippen LogP contribution < -0.4 is 5.43 Å². The molecule has 23 heavy (non-hydrogen) atoms. The highest BCUT2D eigenvalue weighted by atomic mass is 16.1. The SMILES string of the molecule is CC(C)(C)c1ccc(C(=O)/C(C#N)=N/Nc2ccccc2)cc1. The minimum atomic E-state index is -0.392. The number of nitriles is 1. The third kappa shape index (κ3) is 4.27. The molecule has 4 nitrogen and oxygen atoms in total. The molecule has 0 aromatic heterocycles. The number of hydrogen-bond donors (Lipinski definition) is 1. The monoisotopic (exact) mass is 305 g/mol. The van der Waals surface area contributed by atoms with Crippen LogP contribution in [0.4, 0.5) is 5.69 Å². The molecule has 116 valence electrons. The smallest absolute Gasteiger partial charge is 0.223 e. The van der Waals surface area contributed by atoms with Gasteiger partial charge in [0.1, 0.15) is 6.07 Å². The van der Waals surface area contributed by atoms with E-state index in [4.69, 9.17) is 0 Å². The van der Waals surface area contributed by atoms with Gasteiger partial charge < -0.3 is 0 Å². The number of carbonyl (C=O) groups excluding carboxylic acids is 1. The van der Waals surface area contributed by atoms with Gasteiger partial charge in [0.15, 0.2) is 0 Å². The average molecular weight is 305 g/mol. The number of anilines is 1. The quantitative estimate of drug-likeness (QED) is 0.524. The van der Waals surface area contributed by atoms with Crippen LogP contribution in [0.25, 0.3) is 0 Å². The van der Waals surface area contributed by atoms with Crippen molar-refractivity contribution in [3.8, 4) is 6.07 Å². The van der Waals surface area contributed by atoms with Crippen LogP contribution >= 0.6 is 0 Å². The molecule has 0 aliphatic carbocycles. The van der Waals surface area contributed by atoms with Gasteiger partial charge in [-0.15, -0.1) is 0 Å². The molecule has 2 aromatic carbocycles. The number of carbonyl (C=O) groups is 1. The second kappa shape index (κ2) is 6.89. The van der Waals surface area contributed by atoms with Gasteiger partial charge in [-0.2, -0.15) is 10.4 Å². The second-order valence-corrected chi connectivity index (χ2v) is 6.21. The summed E-state index contributed by atoms with van der Waals surface area (Å²) in [5.74, 6) is -0.392. The van der Waals surface area contributed by atoms with Gasteiger partial charge in [-0.25, -0.2) is 0 Å². The zero-order valence-corrected chi connectivity index (χ0v) is 13.5. The Hall–Kier alpha value is -2.93. The summed E-state index contributed by atoms with van der Waals surface area (Å²) in [6.07, 6.45) is 0. The lowest BCUT2D eigenvalue weighted by atomic mass is 9.86. The fourth-order valence-electron chi connectivity index (χ4n) is 2.02. The number of hydrazone groups is 1. The van der Waals surface area contributed by atoms with E-state index >= 15 is 0 Å². The van der Waals surface area contributed by atoms with Crippen LogP contribution in [-0.4, -0.2) is 11.5 Å². The second-order valence-electron chi connectivity index (χ2n) is 6.21. The summed E-state index contributed by atoms with van der Waals surface area (Å²) in [7, 11) is 0. The molecule has 0 heterocycles. The van der Waals surface area contributed by atoms with Gasteiger partial charge in [0, 0.05) is 5.56 Å². The van der Waals surface area contributed by atoms with E-state index in [9.17, 15) is 10.1 Å². The maximum absolute atomic E-state index is 12.4. The Bertz CT molecular complexity index is 748. The molecule has 0 atom stereocenters. The number of Topliss-reactive ketones (excluding diaryl/α,β-unsaturated/α-hetero) is 1. The van der Waals surface area contributed by atoms with E-state index in [0.717, 1.165) is 11.3 Å². The van der Waals surface area contributed by atoms with Gasteiger partial charge in [0.2, 0.25) is 11.5 Å². The molecule has 1 N–H and O–H groups in total. The van der Waals surface area contributed by atoms with Crippen LogP contribution in [0, 0.1) is 11.3 Å². The molecule has 2 rings (SSSR count). The first kappa shape index (κ1) is 16.4. The van der Waals surface area contributed by atoms with Crippen molar-refractivity contribution >= 4 is 17.2 Å². The van der Waals surface area contributed by atoms with Crippen LogP contribution in [0.2, 0.25) is 0 Å². The molecule has 0 unspecified atom stereocenters. The van der Waals surface area contributed by atoms with E-state index in [1.165, 1.54) is 0 Å². The Balaban J connectivity index is 2.18. The molecule has 0 radical (unpaired) electrons. The molecule has 0 bridgehead atoms. The molecule has 0 fully saturated rings. The average Bonchev–Trinajstić information content (AvgIpc) is 2.55. The van der Waals surface area contributed by atoms with E-state index in [1.807, 2.05) is 36.4 Å². The predicted molar refractivity (Wildman–Crippen MR) is 92.6 cm³/mol. The van der Waals surface area contributed by atoms with E-state index in [0.29, 0.717) is 5.56 Å². The fraction of sp³-hybridized carbons (Fsp3) is 0.211. The molecule has 2 aromatic rings. The van der Waals surface area contributed by atoms with Crippen molar-refractivity contribution < 1.29 is 4.79 Å². The van der Waals surface area contributed by atoms with Crippen molar-refractivity contribution in [2.45, 2.75) is 26.2 Å². The molecule has 0 saturated carbocycles. The van der Waals surface area contributed by atoms with Crippen molar-refractivity contribution in [1.29, 1.82) is 5.26 Å². The number of para-hydroxylation sites is 1. The largest absolute Gasteiger partial charge is 0.286 e. The van der Waals surface area contributed by atoms with Crippen LogP contribution in [-0.2, 0) is 5.41 Å². The molecule has 4 heteroatoms. The lowest BCUT2D eigenvalue weighted by Gasteiger charge is -2.18. The number of hydrogen-bond acceptors (Lipinski definition) is 4. The van der Waals surface area contributed by atoms with Crippen molar-refractivity contribution in [2.24, 2.45) is 5.10 Å². The van der Waals surface area contributed by atoms with Crippen LogP contribution in [0.1, 0.15) is 36.7 Å². The summed E-state index contributed by atoms with van der Waals surface area (Å²) >= 11 is 0. The van der Waals surface area contributed by atoms with E-state index < -0.39 is 5.78 Å². The van der Waals surface area contributed by atoms with Gasteiger partial charge in [0.05, 0.1) is 5.69 Å². The Morgan fingerprint density at radius 2 is 1.65 bits per heavy atom. The Morgan fingerprint density at radius 3 is 2.17 bits per heavy atom. The summed E-state index contributed by atoms with van der Waals surface area (Å²) in [6.45, 7) is 6.32. The summed E-state index contributed by atoms with van der Waals surface area (Å²) in [4.78, 5) is 12.4. The third-order valence-electron chi connectivity index (χ3n) is 3.40.